The summed E-state index contributed by atoms with van der Waals surface area (Å²) in [6.07, 6.45) is 3.82. The highest BCUT2D eigenvalue weighted by Crippen LogP contribution is 2.44. The Morgan fingerprint density at radius 1 is 1.10 bits per heavy atom. The molecular weight excluding hydrogens is 426 g/mol. The van der Waals surface area contributed by atoms with Crippen LogP contribution in [0, 0.1) is 13.8 Å². The standard InChI is InChI=1S/C25H26ClN3OS/c1-16-5-10-22(17(2)13-16)29-23(20-14-31-15-21(20)28-29)27-24(30)25(11-3-4-12-25)18-6-8-19(26)9-7-18/h5-10,13H,3-4,11-12,14-15H2,1-2H3,(H,27,30). The number of carbonyl (C=O) groups excluding carboxylic acids is 1. The van der Waals surface area contributed by atoms with Crippen LogP contribution in [0.3, 0.4) is 0 Å². The van der Waals surface area contributed by atoms with Gasteiger partial charge in [0.1, 0.15) is 5.82 Å². The average molecular weight is 452 g/mol. The summed E-state index contributed by atoms with van der Waals surface area (Å²) in [7, 11) is 0. The van der Waals surface area contributed by atoms with Crippen LogP contribution in [-0.2, 0) is 21.7 Å². The molecule has 0 bridgehead atoms. The molecule has 3 aromatic rings. The Hall–Kier alpha value is -2.24. The van der Waals surface area contributed by atoms with Crippen LogP contribution in [0.4, 0.5) is 5.82 Å². The number of anilines is 1. The molecule has 1 N–H and O–H groups in total. The van der Waals surface area contributed by atoms with Crippen LogP contribution >= 0.6 is 23.4 Å². The molecule has 1 fully saturated rings. The SMILES string of the molecule is Cc1ccc(-n2nc3c(c2NC(=O)C2(c4ccc(Cl)cc4)CCCC2)CSC3)c(C)c1. The number of fused-ring (bicyclic) bond motifs is 1. The normalized spacial score (nSPS) is 17.0. The number of carbonyl (C=O) groups is 1. The van der Waals surface area contributed by atoms with Crippen molar-refractivity contribution in [1.82, 2.24) is 9.78 Å². The van der Waals surface area contributed by atoms with E-state index in [2.05, 4.69) is 37.4 Å². The van der Waals surface area contributed by atoms with Gasteiger partial charge in [-0.15, -0.1) is 0 Å². The third-order valence-electron chi connectivity index (χ3n) is 6.65. The molecule has 160 valence electrons. The van der Waals surface area contributed by atoms with E-state index in [4.69, 9.17) is 16.7 Å². The van der Waals surface area contributed by atoms with E-state index in [1.54, 1.807) is 0 Å². The Morgan fingerprint density at radius 2 is 1.84 bits per heavy atom. The van der Waals surface area contributed by atoms with E-state index in [9.17, 15) is 4.79 Å². The van der Waals surface area contributed by atoms with Gasteiger partial charge in [0, 0.05) is 22.1 Å². The topological polar surface area (TPSA) is 46.9 Å². The maximum Gasteiger partial charge on any atom is 0.236 e. The summed E-state index contributed by atoms with van der Waals surface area (Å²) >= 11 is 7.97. The monoisotopic (exact) mass is 451 g/mol. The zero-order chi connectivity index (χ0) is 21.6. The number of nitrogens with zero attached hydrogens (tertiary/aromatic N) is 2. The lowest BCUT2D eigenvalue weighted by atomic mass is 9.78. The van der Waals surface area contributed by atoms with Gasteiger partial charge in [0.05, 0.1) is 16.8 Å². The van der Waals surface area contributed by atoms with Crippen molar-refractivity contribution in [2.45, 2.75) is 56.5 Å². The average Bonchev–Trinajstić information content (AvgIpc) is 3.47. The molecular formula is C25H26ClN3OS. The van der Waals surface area contributed by atoms with E-state index in [0.29, 0.717) is 5.02 Å². The van der Waals surface area contributed by atoms with Gasteiger partial charge in [-0.05, 0) is 56.0 Å². The smallest absolute Gasteiger partial charge is 0.236 e. The number of hydrogen-bond acceptors (Lipinski definition) is 3. The Bertz CT molecular complexity index is 1150. The number of halogens is 1. The molecule has 0 atom stereocenters. The fourth-order valence-corrected chi connectivity index (χ4v) is 6.14. The Morgan fingerprint density at radius 3 is 2.55 bits per heavy atom. The summed E-state index contributed by atoms with van der Waals surface area (Å²) in [5, 5.41) is 8.94. The van der Waals surface area contributed by atoms with Crippen LogP contribution in [-0.4, -0.2) is 15.7 Å². The molecule has 5 rings (SSSR count). The molecule has 0 spiro atoms. The number of aryl methyl sites for hydroxylation is 2. The van der Waals surface area contributed by atoms with E-state index < -0.39 is 5.41 Å². The fraction of sp³-hybridized carbons (Fsp3) is 0.360. The minimum Gasteiger partial charge on any atom is -0.310 e. The molecule has 6 heteroatoms. The number of rotatable bonds is 4. The zero-order valence-electron chi connectivity index (χ0n) is 17.9. The van der Waals surface area contributed by atoms with Gasteiger partial charge in [-0.1, -0.05) is 54.3 Å². The maximum absolute atomic E-state index is 13.9. The number of nitrogens with one attached hydrogen (secondary N) is 1. The highest BCUT2D eigenvalue weighted by Gasteiger charge is 2.43. The largest absolute Gasteiger partial charge is 0.310 e. The lowest BCUT2D eigenvalue weighted by molar-refractivity contribution is -0.121. The second-order valence-corrected chi connectivity index (χ2v) is 10.1. The number of benzene rings is 2. The Labute approximate surface area is 192 Å². The third-order valence-corrected chi connectivity index (χ3v) is 7.88. The number of hydrogen-bond donors (Lipinski definition) is 1. The quantitative estimate of drug-likeness (QED) is 0.503. The molecule has 1 aromatic heterocycles. The van der Waals surface area contributed by atoms with E-state index in [1.807, 2.05) is 40.7 Å². The van der Waals surface area contributed by atoms with Crippen molar-refractivity contribution in [3.8, 4) is 5.69 Å². The summed E-state index contributed by atoms with van der Waals surface area (Å²) < 4.78 is 1.95. The minimum absolute atomic E-state index is 0.0675. The number of aromatic nitrogens is 2. The Balaban J connectivity index is 1.56. The zero-order valence-corrected chi connectivity index (χ0v) is 19.4. The van der Waals surface area contributed by atoms with Crippen LogP contribution in [0.25, 0.3) is 5.69 Å². The molecule has 1 saturated carbocycles. The second kappa shape index (κ2) is 8.03. The summed E-state index contributed by atoms with van der Waals surface area (Å²) in [6, 6.07) is 14.2. The van der Waals surface area contributed by atoms with Crippen LogP contribution in [0.2, 0.25) is 5.02 Å². The molecule has 2 aromatic carbocycles. The highest BCUT2D eigenvalue weighted by molar-refractivity contribution is 7.98. The van der Waals surface area contributed by atoms with Gasteiger partial charge < -0.3 is 5.32 Å². The van der Waals surface area contributed by atoms with E-state index in [-0.39, 0.29) is 5.91 Å². The molecule has 4 nitrogen and oxygen atoms in total. The van der Waals surface area contributed by atoms with E-state index in [0.717, 1.165) is 71.1 Å². The predicted molar refractivity (Wildman–Crippen MR) is 128 cm³/mol. The second-order valence-electron chi connectivity index (χ2n) is 8.72. The van der Waals surface area contributed by atoms with Gasteiger partial charge in [-0.25, -0.2) is 4.68 Å². The third kappa shape index (κ3) is 3.58. The predicted octanol–water partition coefficient (Wildman–Crippen LogP) is 6.34. The molecule has 1 aliphatic carbocycles. The lowest BCUT2D eigenvalue weighted by Crippen LogP contribution is -2.38. The van der Waals surface area contributed by atoms with Crippen molar-refractivity contribution in [1.29, 1.82) is 0 Å². The van der Waals surface area contributed by atoms with Gasteiger partial charge in [0.25, 0.3) is 0 Å². The van der Waals surface area contributed by atoms with Crippen LogP contribution in [0.5, 0.6) is 0 Å². The molecule has 2 heterocycles. The minimum atomic E-state index is -0.513. The first-order valence-corrected chi connectivity index (χ1v) is 12.3. The van der Waals surface area contributed by atoms with Crippen LogP contribution in [0.1, 0.15) is 53.6 Å². The van der Waals surface area contributed by atoms with Crippen molar-refractivity contribution >= 4 is 35.1 Å². The highest BCUT2D eigenvalue weighted by atomic mass is 35.5. The van der Waals surface area contributed by atoms with Gasteiger partial charge >= 0.3 is 0 Å². The molecule has 1 amide bonds. The van der Waals surface area contributed by atoms with E-state index >= 15 is 0 Å². The molecule has 0 saturated heterocycles. The number of thioether (sulfide) groups is 1. The lowest BCUT2D eigenvalue weighted by Gasteiger charge is -2.29. The summed E-state index contributed by atoms with van der Waals surface area (Å²) in [5.41, 5.74) is 6.16. The molecule has 1 aliphatic heterocycles. The summed E-state index contributed by atoms with van der Waals surface area (Å²) in [6.45, 7) is 4.19. The first-order chi connectivity index (χ1) is 15.0. The van der Waals surface area contributed by atoms with Crippen LogP contribution < -0.4 is 5.32 Å². The van der Waals surface area contributed by atoms with Crippen molar-refractivity contribution in [2.24, 2.45) is 0 Å². The van der Waals surface area contributed by atoms with Gasteiger partial charge in [0.2, 0.25) is 5.91 Å². The van der Waals surface area contributed by atoms with Crippen molar-refractivity contribution in [3.05, 3.63) is 75.4 Å². The van der Waals surface area contributed by atoms with Crippen molar-refractivity contribution in [3.63, 3.8) is 0 Å². The first kappa shape index (κ1) is 20.7. The first-order valence-electron chi connectivity index (χ1n) is 10.8. The number of amides is 1. The molecule has 2 aliphatic rings. The van der Waals surface area contributed by atoms with Crippen molar-refractivity contribution in [2.75, 3.05) is 5.32 Å². The maximum atomic E-state index is 13.9. The van der Waals surface area contributed by atoms with Crippen LogP contribution in [0.15, 0.2) is 42.5 Å². The van der Waals surface area contributed by atoms with Crippen molar-refractivity contribution < 1.29 is 4.79 Å². The summed E-state index contributed by atoms with van der Waals surface area (Å²) in [4.78, 5) is 13.9. The molecule has 0 unspecified atom stereocenters. The van der Waals surface area contributed by atoms with Gasteiger partial charge in [-0.2, -0.15) is 16.9 Å². The van der Waals surface area contributed by atoms with E-state index in [1.165, 1.54) is 5.56 Å². The van der Waals surface area contributed by atoms with Gasteiger partial charge in [-0.3, -0.25) is 4.79 Å². The summed E-state index contributed by atoms with van der Waals surface area (Å²) in [5.74, 6) is 2.66. The fourth-order valence-electron chi connectivity index (χ4n) is 4.98. The Kier molecular flexibility index (Phi) is 5.35. The molecule has 0 radical (unpaired) electrons. The molecule has 31 heavy (non-hydrogen) atoms. The van der Waals surface area contributed by atoms with Gasteiger partial charge in [0.15, 0.2) is 0 Å².